The van der Waals surface area contributed by atoms with Crippen LogP contribution in [0.1, 0.15) is 80.9 Å². The van der Waals surface area contributed by atoms with Crippen molar-refractivity contribution in [3.8, 4) is 0 Å². The molecule has 3 rings (SSSR count). The van der Waals surface area contributed by atoms with Crippen LogP contribution in [0.25, 0.3) is 0 Å². The number of unbranched alkanes of at least 4 members (excludes halogenated alkanes) is 9. The van der Waals surface area contributed by atoms with Crippen molar-refractivity contribution in [1.29, 1.82) is 0 Å². The Morgan fingerprint density at radius 1 is 0.583 bits per heavy atom. The molecule has 0 bridgehead atoms. The molecule has 0 aliphatic carbocycles. The van der Waals surface area contributed by atoms with E-state index in [4.69, 9.17) is 9.42 Å². The topological polar surface area (TPSA) is 46.5 Å². The minimum atomic E-state index is -2.75. The average Bonchev–Trinajstić information content (AvgIpc) is 2.92. The van der Waals surface area contributed by atoms with Gasteiger partial charge in [0.25, 0.3) is 0 Å². The molecule has 0 radical (unpaired) electrons. The van der Waals surface area contributed by atoms with E-state index in [1.54, 1.807) is 0 Å². The third-order valence-corrected chi connectivity index (χ3v) is 8.71. The molecule has 3 aromatic rings. The summed E-state index contributed by atoms with van der Waals surface area (Å²) in [7, 11) is -2.75. The normalized spacial score (nSPS) is 12.5. The Hall–Kier alpha value is -1.84. The molecule has 3 aromatic carbocycles. The fraction of sp³-hybridized carbons (Fsp3) is 0.419. The molecule has 0 amide bonds. The lowest BCUT2D eigenvalue weighted by Gasteiger charge is -2.35. The van der Waals surface area contributed by atoms with Crippen LogP contribution in [0.4, 0.5) is 0 Å². The van der Waals surface area contributed by atoms with E-state index in [1.165, 1.54) is 68.1 Å². The molecule has 5 heteroatoms. The van der Waals surface area contributed by atoms with Crippen LogP contribution in [0.3, 0.4) is 0 Å². The highest BCUT2D eigenvalue weighted by Crippen LogP contribution is 2.48. The van der Waals surface area contributed by atoms with Crippen molar-refractivity contribution in [3.05, 3.63) is 108 Å². The Morgan fingerprint density at radius 2 is 0.944 bits per heavy atom. The molecule has 0 aliphatic rings. The standard InChI is InChI=1S/C31H41O3PS/c32-35(33)34-26-18-7-5-3-1-2-4-6-8-19-27-36-31(28-20-12-9-13-21-28,29-22-14-10-15-23-29)30-24-16-11-17-25-30/h9-17,20-25,35H,1-8,18-19,26-27H2,(H,32,33). The van der Waals surface area contributed by atoms with Crippen molar-refractivity contribution in [2.75, 3.05) is 12.4 Å². The van der Waals surface area contributed by atoms with E-state index in [9.17, 15) is 4.57 Å². The molecule has 1 atom stereocenters. The van der Waals surface area contributed by atoms with Crippen LogP contribution in [0.2, 0.25) is 0 Å². The first-order chi connectivity index (χ1) is 17.7. The molecule has 1 N–H and O–H groups in total. The second-order valence-electron chi connectivity index (χ2n) is 9.28. The van der Waals surface area contributed by atoms with E-state index in [0.717, 1.165) is 18.6 Å². The van der Waals surface area contributed by atoms with E-state index in [1.807, 2.05) is 0 Å². The van der Waals surface area contributed by atoms with Gasteiger partial charge in [-0.25, -0.2) is 0 Å². The average molecular weight is 525 g/mol. The van der Waals surface area contributed by atoms with Gasteiger partial charge in [0.1, 0.15) is 0 Å². The Balaban J connectivity index is 1.46. The van der Waals surface area contributed by atoms with Crippen molar-refractivity contribution >= 4 is 20.0 Å². The van der Waals surface area contributed by atoms with Crippen LogP contribution in [-0.2, 0) is 13.8 Å². The van der Waals surface area contributed by atoms with Gasteiger partial charge in [-0.15, -0.1) is 11.8 Å². The summed E-state index contributed by atoms with van der Waals surface area (Å²) in [4.78, 5) is 8.65. The number of hydrogen-bond acceptors (Lipinski definition) is 3. The van der Waals surface area contributed by atoms with Crippen LogP contribution in [-0.4, -0.2) is 17.3 Å². The molecule has 0 aromatic heterocycles. The van der Waals surface area contributed by atoms with Gasteiger partial charge in [0.2, 0.25) is 0 Å². The fourth-order valence-electron chi connectivity index (χ4n) is 4.77. The maximum Gasteiger partial charge on any atom is 0.316 e. The molecular weight excluding hydrogens is 483 g/mol. The first-order valence-corrected chi connectivity index (χ1v) is 15.6. The number of rotatable bonds is 18. The Labute approximate surface area is 222 Å². The van der Waals surface area contributed by atoms with Gasteiger partial charge in [-0.05, 0) is 35.3 Å². The number of thioether (sulfide) groups is 1. The molecule has 194 valence electrons. The molecule has 0 aliphatic heterocycles. The molecule has 0 heterocycles. The summed E-state index contributed by atoms with van der Waals surface area (Å²) < 4.78 is 15.0. The quantitative estimate of drug-likeness (QED) is 0.102. The molecule has 1 unspecified atom stereocenters. The minimum Gasteiger partial charge on any atom is -0.326 e. The third-order valence-electron chi connectivity index (χ3n) is 6.62. The van der Waals surface area contributed by atoms with Crippen LogP contribution in [0.15, 0.2) is 91.0 Å². The van der Waals surface area contributed by atoms with Crippen LogP contribution in [0, 0.1) is 0 Å². The zero-order valence-corrected chi connectivity index (χ0v) is 23.1. The van der Waals surface area contributed by atoms with Crippen LogP contribution < -0.4 is 0 Å². The Morgan fingerprint density at radius 3 is 1.33 bits per heavy atom. The highest BCUT2D eigenvalue weighted by atomic mass is 32.2. The fourth-order valence-corrected chi connectivity index (χ4v) is 6.65. The van der Waals surface area contributed by atoms with Crippen molar-refractivity contribution in [2.45, 2.75) is 69.0 Å². The first kappa shape index (κ1) is 28.7. The lowest BCUT2D eigenvalue weighted by atomic mass is 9.84. The molecule has 3 nitrogen and oxygen atoms in total. The third kappa shape index (κ3) is 9.23. The maximum absolute atomic E-state index is 10.5. The smallest absolute Gasteiger partial charge is 0.316 e. The zero-order chi connectivity index (χ0) is 25.3. The van der Waals surface area contributed by atoms with E-state index in [2.05, 4.69) is 103 Å². The maximum atomic E-state index is 10.5. The largest absolute Gasteiger partial charge is 0.326 e. The minimum absolute atomic E-state index is 0.206. The van der Waals surface area contributed by atoms with Crippen molar-refractivity contribution in [1.82, 2.24) is 0 Å². The van der Waals surface area contributed by atoms with Gasteiger partial charge in [-0.2, -0.15) is 0 Å². The Bertz CT molecular complexity index is 886. The van der Waals surface area contributed by atoms with Gasteiger partial charge in [0.05, 0.1) is 11.4 Å². The summed E-state index contributed by atoms with van der Waals surface area (Å²) in [6.07, 6.45) is 12.1. The lowest BCUT2D eigenvalue weighted by molar-refractivity contribution is 0.273. The Kier molecular flexibility index (Phi) is 13.4. The summed E-state index contributed by atoms with van der Waals surface area (Å²) in [6.45, 7) is 0.409. The van der Waals surface area contributed by atoms with Crippen molar-refractivity contribution < 1.29 is 14.0 Å². The van der Waals surface area contributed by atoms with Gasteiger partial charge < -0.3 is 9.42 Å². The first-order valence-electron chi connectivity index (χ1n) is 13.4. The van der Waals surface area contributed by atoms with Crippen LogP contribution in [0.5, 0.6) is 0 Å². The lowest BCUT2D eigenvalue weighted by Crippen LogP contribution is -2.26. The van der Waals surface area contributed by atoms with E-state index >= 15 is 0 Å². The van der Waals surface area contributed by atoms with Gasteiger partial charge in [0.15, 0.2) is 0 Å². The molecule has 0 saturated carbocycles. The molecule has 0 saturated heterocycles. The molecular formula is C31H41O3PS. The summed E-state index contributed by atoms with van der Waals surface area (Å²) in [6, 6.07) is 32.9. The predicted octanol–water partition coefficient (Wildman–Crippen LogP) is 9.01. The highest BCUT2D eigenvalue weighted by molar-refractivity contribution is 8.00. The zero-order valence-electron chi connectivity index (χ0n) is 21.3. The summed E-state index contributed by atoms with van der Waals surface area (Å²) in [5.41, 5.74) is 4.01. The predicted molar refractivity (Wildman–Crippen MR) is 155 cm³/mol. The highest BCUT2D eigenvalue weighted by Gasteiger charge is 2.36. The number of benzene rings is 3. The van der Waals surface area contributed by atoms with Gasteiger partial charge in [-0.3, -0.25) is 4.57 Å². The van der Waals surface area contributed by atoms with E-state index < -0.39 is 8.25 Å². The van der Waals surface area contributed by atoms with Gasteiger partial charge in [0, 0.05) is 0 Å². The monoisotopic (exact) mass is 524 g/mol. The number of hydrogen-bond donors (Lipinski definition) is 1. The molecule has 36 heavy (non-hydrogen) atoms. The second kappa shape index (κ2) is 16.8. The molecule has 0 spiro atoms. The molecule has 0 fully saturated rings. The van der Waals surface area contributed by atoms with E-state index in [-0.39, 0.29) is 4.75 Å². The summed E-state index contributed by atoms with van der Waals surface area (Å²) in [5, 5.41) is 0. The van der Waals surface area contributed by atoms with Gasteiger partial charge >= 0.3 is 8.25 Å². The summed E-state index contributed by atoms with van der Waals surface area (Å²) >= 11 is 2.07. The van der Waals surface area contributed by atoms with E-state index in [0.29, 0.717) is 6.61 Å². The SMILES string of the molecule is O=[PH](O)OCCCCCCCCCCCCSC(c1ccccc1)(c1ccccc1)c1ccccc1. The second-order valence-corrected chi connectivity index (χ2v) is 11.4. The van der Waals surface area contributed by atoms with Crippen molar-refractivity contribution in [2.24, 2.45) is 0 Å². The van der Waals surface area contributed by atoms with Gasteiger partial charge in [-0.1, -0.05) is 142 Å². The summed E-state index contributed by atoms with van der Waals surface area (Å²) in [5.74, 6) is 1.13. The van der Waals surface area contributed by atoms with Crippen molar-refractivity contribution in [3.63, 3.8) is 0 Å². The van der Waals surface area contributed by atoms with Crippen LogP contribution >= 0.6 is 20.0 Å².